The van der Waals surface area contributed by atoms with Gasteiger partial charge in [-0.1, -0.05) is 6.07 Å². The number of benzene rings is 1. The molecular formula is C19H17BrFN3. The third kappa shape index (κ3) is 3.47. The third-order valence-electron chi connectivity index (χ3n) is 4.39. The molecule has 1 atom stereocenters. The molecule has 3 aromatic rings. The number of nitrogens with one attached hydrogen (secondary N) is 1. The smallest absolute Gasteiger partial charge is 0.123 e. The van der Waals surface area contributed by atoms with E-state index in [2.05, 4.69) is 37.3 Å². The summed E-state index contributed by atoms with van der Waals surface area (Å²) in [6.45, 7) is 0.682. The first-order chi connectivity index (χ1) is 11.7. The molecule has 0 spiro atoms. The largest absolute Gasteiger partial charge is 0.304 e. The Balaban J connectivity index is 1.53. The fourth-order valence-corrected chi connectivity index (χ4v) is 3.42. The Labute approximate surface area is 148 Å². The fourth-order valence-electron chi connectivity index (χ4n) is 3.04. The second kappa shape index (κ2) is 6.57. The Morgan fingerprint density at radius 2 is 2.04 bits per heavy atom. The van der Waals surface area contributed by atoms with Gasteiger partial charge in [0.25, 0.3) is 0 Å². The predicted molar refractivity (Wildman–Crippen MR) is 95.9 cm³/mol. The zero-order chi connectivity index (χ0) is 16.5. The Hall–Kier alpha value is -1.85. The standard InChI is InChI=1S/C19H17BrFN3/c20-15-7-14(9-22-10-15)19(12-1-2-12)23-11-17-5-3-13-8-16(21)4-6-18(13)24-17/h3-10,12,19,23H,1-2,11H2. The highest BCUT2D eigenvalue weighted by Gasteiger charge is 2.32. The SMILES string of the molecule is Fc1ccc2nc(CNC(c3cncc(Br)c3)C3CC3)ccc2c1. The maximum atomic E-state index is 13.3. The van der Waals surface area contributed by atoms with Crippen LogP contribution in [0.3, 0.4) is 0 Å². The van der Waals surface area contributed by atoms with Gasteiger partial charge in [-0.3, -0.25) is 9.97 Å². The zero-order valence-electron chi connectivity index (χ0n) is 13.0. The normalized spacial score (nSPS) is 15.6. The van der Waals surface area contributed by atoms with Crippen LogP contribution >= 0.6 is 15.9 Å². The lowest BCUT2D eigenvalue weighted by molar-refractivity contribution is 0.475. The number of pyridine rings is 2. The molecule has 2 aromatic heterocycles. The van der Waals surface area contributed by atoms with Gasteiger partial charge in [0.15, 0.2) is 0 Å². The van der Waals surface area contributed by atoms with Crippen molar-refractivity contribution in [3.8, 4) is 0 Å². The zero-order valence-corrected chi connectivity index (χ0v) is 14.6. The van der Waals surface area contributed by atoms with Crippen LogP contribution in [0.25, 0.3) is 10.9 Å². The van der Waals surface area contributed by atoms with Crippen LogP contribution in [-0.2, 0) is 6.54 Å². The van der Waals surface area contributed by atoms with Gasteiger partial charge < -0.3 is 5.32 Å². The summed E-state index contributed by atoms with van der Waals surface area (Å²) >= 11 is 3.50. The first-order valence-corrected chi connectivity index (χ1v) is 8.87. The van der Waals surface area contributed by atoms with Crippen molar-refractivity contribution in [3.63, 3.8) is 0 Å². The van der Waals surface area contributed by atoms with Gasteiger partial charge in [-0.2, -0.15) is 0 Å². The summed E-state index contributed by atoms with van der Waals surface area (Å²) in [5.41, 5.74) is 2.99. The number of fused-ring (bicyclic) bond motifs is 1. The molecule has 1 aromatic carbocycles. The monoisotopic (exact) mass is 385 g/mol. The summed E-state index contributed by atoms with van der Waals surface area (Å²) in [6.07, 6.45) is 6.22. The number of rotatable bonds is 5. The lowest BCUT2D eigenvalue weighted by Gasteiger charge is -2.18. The molecule has 0 aliphatic heterocycles. The predicted octanol–water partition coefficient (Wildman–Crippen LogP) is 4.77. The molecule has 5 heteroatoms. The van der Waals surface area contributed by atoms with E-state index in [-0.39, 0.29) is 5.82 Å². The molecular weight excluding hydrogens is 369 g/mol. The summed E-state index contributed by atoms with van der Waals surface area (Å²) in [4.78, 5) is 8.91. The van der Waals surface area contributed by atoms with Crippen molar-refractivity contribution in [1.82, 2.24) is 15.3 Å². The number of hydrogen-bond acceptors (Lipinski definition) is 3. The van der Waals surface area contributed by atoms with Crippen LogP contribution < -0.4 is 5.32 Å². The average Bonchev–Trinajstić information content (AvgIpc) is 3.40. The minimum Gasteiger partial charge on any atom is -0.304 e. The Morgan fingerprint density at radius 1 is 1.17 bits per heavy atom. The van der Waals surface area contributed by atoms with Crippen molar-refractivity contribution in [1.29, 1.82) is 0 Å². The van der Waals surface area contributed by atoms with Gasteiger partial charge in [-0.15, -0.1) is 0 Å². The average molecular weight is 386 g/mol. The van der Waals surface area contributed by atoms with E-state index >= 15 is 0 Å². The lowest BCUT2D eigenvalue weighted by Crippen LogP contribution is -2.23. The molecule has 1 saturated carbocycles. The maximum Gasteiger partial charge on any atom is 0.123 e. The molecule has 0 saturated heterocycles. The van der Waals surface area contributed by atoms with Crippen LogP contribution in [-0.4, -0.2) is 9.97 Å². The fraction of sp³-hybridized carbons (Fsp3) is 0.263. The number of halogens is 2. The van der Waals surface area contributed by atoms with Gasteiger partial charge >= 0.3 is 0 Å². The Bertz CT molecular complexity index is 879. The van der Waals surface area contributed by atoms with Crippen molar-refractivity contribution < 1.29 is 4.39 Å². The first kappa shape index (κ1) is 15.7. The number of nitrogens with zero attached hydrogens (tertiary/aromatic N) is 2. The summed E-state index contributed by atoms with van der Waals surface area (Å²) in [5.74, 6) is 0.432. The molecule has 4 rings (SSSR count). The maximum absolute atomic E-state index is 13.3. The minimum absolute atomic E-state index is 0.230. The molecule has 1 aliphatic rings. The molecule has 1 unspecified atom stereocenters. The first-order valence-electron chi connectivity index (χ1n) is 8.08. The molecule has 24 heavy (non-hydrogen) atoms. The molecule has 122 valence electrons. The number of hydrogen-bond donors (Lipinski definition) is 1. The summed E-state index contributed by atoms with van der Waals surface area (Å²) in [5, 5.41) is 4.45. The van der Waals surface area contributed by atoms with Crippen LogP contribution in [0.2, 0.25) is 0 Å². The highest BCUT2D eigenvalue weighted by molar-refractivity contribution is 9.10. The van der Waals surface area contributed by atoms with E-state index in [0.29, 0.717) is 18.5 Å². The van der Waals surface area contributed by atoms with Crippen molar-refractivity contribution in [2.75, 3.05) is 0 Å². The second-order valence-electron chi connectivity index (χ2n) is 6.27. The summed E-state index contributed by atoms with van der Waals surface area (Å²) < 4.78 is 14.3. The summed E-state index contributed by atoms with van der Waals surface area (Å²) in [7, 11) is 0. The third-order valence-corrected chi connectivity index (χ3v) is 4.82. The molecule has 1 fully saturated rings. The van der Waals surface area contributed by atoms with Crippen molar-refractivity contribution >= 4 is 26.8 Å². The molecule has 2 heterocycles. The topological polar surface area (TPSA) is 37.8 Å². The molecule has 1 aliphatic carbocycles. The van der Waals surface area contributed by atoms with E-state index in [1.165, 1.54) is 30.5 Å². The Morgan fingerprint density at radius 3 is 2.83 bits per heavy atom. The molecule has 3 nitrogen and oxygen atoms in total. The van der Waals surface area contributed by atoms with Gasteiger partial charge in [0.2, 0.25) is 0 Å². The second-order valence-corrected chi connectivity index (χ2v) is 7.19. The van der Waals surface area contributed by atoms with Crippen LogP contribution in [0.5, 0.6) is 0 Å². The van der Waals surface area contributed by atoms with E-state index in [0.717, 1.165) is 21.1 Å². The van der Waals surface area contributed by atoms with Crippen LogP contribution in [0.4, 0.5) is 4.39 Å². The molecule has 1 N–H and O–H groups in total. The van der Waals surface area contributed by atoms with E-state index in [1.54, 1.807) is 12.3 Å². The molecule has 0 amide bonds. The van der Waals surface area contributed by atoms with Crippen LogP contribution in [0.1, 0.15) is 30.1 Å². The number of aromatic nitrogens is 2. The van der Waals surface area contributed by atoms with Gasteiger partial charge in [-0.05, 0) is 70.6 Å². The minimum atomic E-state index is -0.230. The van der Waals surface area contributed by atoms with E-state index in [9.17, 15) is 4.39 Å². The van der Waals surface area contributed by atoms with Crippen molar-refractivity contribution in [3.05, 3.63) is 70.3 Å². The van der Waals surface area contributed by atoms with Gasteiger partial charge in [0.05, 0.1) is 11.2 Å². The Kier molecular flexibility index (Phi) is 4.29. The quantitative estimate of drug-likeness (QED) is 0.686. The van der Waals surface area contributed by atoms with Gasteiger partial charge in [-0.25, -0.2) is 4.39 Å². The highest BCUT2D eigenvalue weighted by Crippen LogP contribution is 2.41. The van der Waals surface area contributed by atoms with E-state index < -0.39 is 0 Å². The van der Waals surface area contributed by atoms with Crippen molar-refractivity contribution in [2.24, 2.45) is 5.92 Å². The molecule has 0 bridgehead atoms. The van der Waals surface area contributed by atoms with Crippen LogP contribution in [0.15, 0.2) is 53.3 Å². The van der Waals surface area contributed by atoms with Crippen molar-refractivity contribution in [2.45, 2.75) is 25.4 Å². The van der Waals surface area contributed by atoms with Gasteiger partial charge in [0.1, 0.15) is 5.82 Å². The summed E-state index contributed by atoms with van der Waals surface area (Å²) in [6, 6.07) is 11.0. The lowest BCUT2D eigenvalue weighted by atomic mass is 10.0. The highest BCUT2D eigenvalue weighted by atomic mass is 79.9. The van der Waals surface area contributed by atoms with E-state index in [4.69, 9.17) is 0 Å². The van der Waals surface area contributed by atoms with Crippen LogP contribution in [0, 0.1) is 11.7 Å². The van der Waals surface area contributed by atoms with E-state index in [1.807, 2.05) is 18.3 Å². The van der Waals surface area contributed by atoms with Gasteiger partial charge in [0, 0.05) is 34.8 Å². The molecule has 0 radical (unpaired) electrons.